The zero-order valence-electron chi connectivity index (χ0n) is 20.9. The van der Waals surface area contributed by atoms with E-state index in [1.807, 2.05) is 32.9 Å². The van der Waals surface area contributed by atoms with Gasteiger partial charge < -0.3 is 21.3 Å². The smallest absolute Gasteiger partial charge is 0.229 e. The average Bonchev–Trinajstić information content (AvgIpc) is 3.71. The lowest BCUT2D eigenvalue weighted by Crippen LogP contribution is -2.23. The number of hydrogen-bond donors (Lipinski definition) is 4. The molecule has 1 aliphatic carbocycles. The molecule has 1 amide bonds. The summed E-state index contributed by atoms with van der Waals surface area (Å²) < 4.78 is 0. The van der Waals surface area contributed by atoms with Gasteiger partial charge in [0, 0.05) is 41.9 Å². The van der Waals surface area contributed by atoms with E-state index in [4.69, 9.17) is 0 Å². The van der Waals surface area contributed by atoms with Crippen LogP contribution in [0.15, 0.2) is 42.7 Å². The standard InChI is InChI=1S/C23H25N7.C4H7NO/c1-15-12-27-22(29-18-5-4-17-13-25-8-6-16(17)10-18)30-21(15)28-19-7-9-26-20(11-19)23(2,3)14-24;6-3-5-4-1-2-4/h4-5,7,9-12,25H,6,8,13H2,1-3H3,(H2,26,27,28,29,30);3-4H,1-2H2,(H,5,6). The third-order valence-corrected chi connectivity index (χ3v) is 6.14. The number of carbonyl (C=O) groups excluding carboxylic acids is 1. The number of fused-ring (bicyclic) bond motifs is 1. The van der Waals surface area contributed by atoms with Gasteiger partial charge in [-0.25, -0.2) is 4.98 Å². The van der Waals surface area contributed by atoms with Gasteiger partial charge in [0.05, 0.1) is 17.2 Å². The molecular formula is C27H32N8O. The van der Waals surface area contributed by atoms with Crippen molar-refractivity contribution in [3.05, 3.63) is 65.1 Å². The van der Waals surface area contributed by atoms with E-state index in [2.05, 4.69) is 60.5 Å². The van der Waals surface area contributed by atoms with Gasteiger partial charge in [0.15, 0.2) is 0 Å². The van der Waals surface area contributed by atoms with Gasteiger partial charge in [-0.15, -0.1) is 0 Å². The number of hydrogen-bond acceptors (Lipinski definition) is 8. The van der Waals surface area contributed by atoms with Gasteiger partial charge in [-0.05, 0) is 82.0 Å². The summed E-state index contributed by atoms with van der Waals surface area (Å²) in [5.41, 5.74) is 5.48. The Bertz CT molecular complexity index is 1260. The Morgan fingerprint density at radius 2 is 1.92 bits per heavy atom. The van der Waals surface area contributed by atoms with Crippen LogP contribution in [-0.4, -0.2) is 33.9 Å². The molecule has 0 saturated heterocycles. The van der Waals surface area contributed by atoms with E-state index in [1.165, 1.54) is 24.0 Å². The Morgan fingerprint density at radius 3 is 2.64 bits per heavy atom. The van der Waals surface area contributed by atoms with Gasteiger partial charge in [0.25, 0.3) is 0 Å². The fourth-order valence-electron chi connectivity index (χ4n) is 3.70. The molecule has 0 spiro atoms. The number of rotatable bonds is 7. The minimum absolute atomic E-state index is 0.530. The molecular weight excluding hydrogens is 452 g/mol. The number of nitriles is 1. The summed E-state index contributed by atoms with van der Waals surface area (Å²) in [6.07, 6.45) is 7.64. The van der Waals surface area contributed by atoms with Gasteiger partial charge in [-0.2, -0.15) is 10.2 Å². The third-order valence-electron chi connectivity index (χ3n) is 6.14. The van der Waals surface area contributed by atoms with Crippen LogP contribution in [0.5, 0.6) is 0 Å². The molecule has 5 rings (SSSR count). The van der Waals surface area contributed by atoms with Crippen LogP contribution < -0.4 is 21.3 Å². The summed E-state index contributed by atoms with van der Waals surface area (Å²) in [5.74, 6) is 1.24. The van der Waals surface area contributed by atoms with Crippen LogP contribution in [0.4, 0.5) is 23.1 Å². The maximum Gasteiger partial charge on any atom is 0.229 e. The Labute approximate surface area is 211 Å². The molecule has 0 bridgehead atoms. The molecule has 4 N–H and O–H groups in total. The van der Waals surface area contributed by atoms with E-state index in [9.17, 15) is 10.1 Å². The second-order valence-corrected chi connectivity index (χ2v) is 9.61. The highest BCUT2D eigenvalue weighted by atomic mass is 16.1. The summed E-state index contributed by atoms with van der Waals surface area (Å²) >= 11 is 0. The Morgan fingerprint density at radius 1 is 1.11 bits per heavy atom. The summed E-state index contributed by atoms with van der Waals surface area (Å²) in [7, 11) is 0. The van der Waals surface area contributed by atoms with Gasteiger partial charge in [-0.1, -0.05) is 6.07 Å². The molecule has 186 valence electrons. The quantitative estimate of drug-likeness (QED) is 0.371. The lowest BCUT2D eigenvalue weighted by Gasteiger charge is -2.18. The second kappa shape index (κ2) is 11.1. The van der Waals surface area contributed by atoms with E-state index in [-0.39, 0.29) is 0 Å². The molecule has 3 heterocycles. The van der Waals surface area contributed by atoms with Gasteiger partial charge in [0.1, 0.15) is 5.82 Å². The number of aromatic nitrogens is 3. The number of benzene rings is 1. The average molecular weight is 485 g/mol. The van der Waals surface area contributed by atoms with Crippen molar-refractivity contribution in [3.63, 3.8) is 0 Å². The van der Waals surface area contributed by atoms with E-state index in [0.717, 1.165) is 42.9 Å². The Kier molecular flexibility index (Phi) is 7.76. The normalized spacial score (nSPS) is 14.4. The monoisotopic (exact) mass is 484 g/mol. The highest BCUT2D eigenvalue weighted by Gasteiger charge is 2.22. The predicted molar refractivity (Wildman–Crippen MR) is 140 cm³/mol. The van der Waals surface area contributed by atoms with Crippen LogP contribution in [0.1, 0.15) is 49.1 Å². The number of carbonyl (C=O) groups is 1. The largest absolute Gasteiger partial charge is 0.356 e. The molecule has 1 aromatic carbocycles. The lowest BCUT2D eigenvalue weighted by atomic mass is 9.91. The van der Waals surface area contributed by atoms with Crippen LogP contribution in [0, 0.1) is 18.3 Å². The molecule has 36 heavy (non-hydrogen) atoms. The van der Waals surface area contributed by atoms with Crippen molar-refractivity contribution in [2.24, 2.45) is 0 Å². The van der Waals surface area contributed by atoms with Crippen LogP contribution in [-0.2, 0) is 23.2 Å². The molecule has 2 aromatic heterocycles. The van der Waals surface area contributed by atoms with Crippen LogP contribution >= 0.6 is 0 Å². The Balaban J connectivity index is 0.000000445. The highest BCUT2D eigenvalue weighted by Crippen LogP contribution is 2.26. The first kappa shape index (κ1) is 25.1. The molecule has 1 fully saturated rings. The number of anilines is 4. The van der Waals surface area contributed by atoms with E-state index >= 15 is 0 Å². The van der Waals surface area contributed by atoms with E-state index in [0.29, 0.717) is 23.5 Å². The van der Waals surface area contributed by atoms with Crippen molar-refractivity contribution in [1.82, 2.24) is 25.6 Å². The molecule has 0 atom stereocenters. The van der Waals surface area contributed by atoms with Crippen molar-refractivity contribution in [2.45, 2.75) is 58.0 Å². The van der Waals surface area contributed by atoms with Crippen molar-refractivity contribution < 1.29 is 4.79 Å². The van der Waals surface area contributed by atoms with E-state index < -0.39 is 5.41 Å². The molecule has 9 heteroatoms. The predicted octanol–water partition coefficient (Wildman–Crippen LogP) is 4.01. The topological polar surface area (TPSA) is 128 Å². The maximum atomic E-state index is 9.54. The fourth-order valence-corrected chi connectivity index (χ4v) is 3.70. The van der Waals surface area contributed by atoms with Crippen LogP contribution in [0.2, 0.25) is 0 Å². The molecule has 2 aliphatic rings. The number of pyridine rings is 1. The first-order valence-corrected chi connectivity index (χ1v) is 12.2. The molecule has 3 aromatic rings. The molecule has 1 aliphatic heterocycles. The molecule has 9 nitrogen and oxygen atoms in total. The molecule has 1 saturated carbocycles. The number of amides is 1. The third kappa shape index (κ3) is 6.55. The van der Waals surface area contributed by atoms with Crippen LogP contribution in [0.3, 0.4) is 0 Å². The zero-order chi connectivity index (χ0) is 25.5. The minimum Gasteiger partial charge on any atom is -0.356 e. The summed E-state index contributed by atoms with van der Waals surface area (Å²) in [6, 6.07) is 12.9. The first-order valence-electron chi connectivity index (χ1n) is 12.2. The summed E-state index contributed by atoms with van der Waals surface area (Å²) in [4.78, 5) is 23.0. The fraction of sp³-hybridized carbons (Fsp3) is 0.370. The van der Waals surface area contributed by atoms with Gasteiger partial charge in [0.2, 0.25) is 12.4 Å². The summed E-state index contributed by atoms with van der Waals surface area (Å²) in [6.45, 7) is 7.58. The van der Waals surface area contributed by atoms with Crippen molar-refractivity contribution in [3.8, 4) is 6.07 Å². The second-order valence-electron chi connectivity index (χ2n) is 9.61. The number of aryl methyl sites for hydroxylation is 1. The summed E-state index contributed by atoms with van der Waals surface area (Å²) in [5, 5.41) is 22.1. The zero-order valence-corrected chi connectivity index (χ0v) is 20.9. The van der Waals surface area contributed by atoms with E-state index in [1.54, 1.807) is 12.4 Å². The van der Waals surface area contributed by atoms with Crippen molar-refractivity contribution in [1.29, 1.82) is 5.26 Å². The Hall–Kier alpha value is -4.03. The molecule has 0 unspecified atom stereocenters. The van der Waals surface area contributed by atoms with Gasteiger partial charge in [-0.3, -0.25) is 9.78 Å². The number of nitrogens with one attached hydrogen (secondary N) is 4. The molecule has 0 radical (unpaired) electrons. The first-order chi connectivity index (χ1) is 17.4. The van der Waals surface area contributed by atoms with Crippen LogP contribution in [0.25, 0.3) is 0 Å². The lowest BCUT2D eigenvalue weighted by molar-refractivity contribution is -0.109. The van der Waals surface area contributed by atoms with Crippen molar-refractivity contribution >= 4 is 29.6 Å². The maximum absolute atomic E-state index is 9.54. The SMILES string of the molecule is Cc1cnc(Nc2ccc3c(c2)CCNC3)nc1Nc1ccnc(C(C)(C)C#N)c1.O=CNC1CC1. The van der Waals surface area contributed by atoms with Gasteiger partial charge >= 0.3 is 0 Å². The minimum atomic E-state index is -0.660. The highest BCUT2D eigenvalue weighted by molar-refractivity contribution is 5.63. The van der Waals surface area contributed by atoms with Crippen molar-refractivity contribution in [2.75, 3.05) is 17.2 Å². The number of nitrogens with zero attached hydrogens (tertiary/aromatic N) is 4.